The van der Waals surface area contributed by atoms with Crippen molar-refractivity contribution in [1.82, 2.24) is 10.3 Å². The van der Waals surface area contributed by atoms with E-state index in [0.717, 1.165) is 29.5 Å². The minimum atomic E-state index is 0.114. The Morgan fingerprint density at radius 2 is 2.20 bits per heavy atom. The van der Waals surface area contributed by atoms with Gasteiger partial charge in [-0.15, -0.1) is 0 Å². The maximum atomic E-state index is 11.5. The van der Waals surface area contributed by atoms with Crippen LogP contribution in [0.5, 0.6) is 5.75 Å². The first-order valence-corrected chi connectivity index (χ1v) is 6.93. The molecule has 0 saturated carbocycles. The Morgan fingerprint density at radius 1 is 1.35 bits per heavy atom. The summed E-state index contributed by atoms with van der Waals surface area (Å²) in [6.07, 6.45) is 4.06. The van der Waals surface area contributed by atoms with Gasteiger partial charge in [0.05, 0.1) is 12.6 Å². The van der Waals surface area contributed by atoms with Crippen LogP contribution in [-0.2, 0) is 11.2 Å². The van der Waals surface area contributed by atoms with Gasteiger partial charge in [-0.25, -0.2) is 0 Å². The SMILES string of the molecule is CCCC(=O)NCCc1ccnc2ccc(OC)cc12. The molecule has 0 radical (unpaired) electrons. The number of hydrogen-bond acceptors (Lipinski definition) is 3. The summed E-state index contributed by atoms with van der Waals surface area (Å²) in [6.45, 7) is 2.65. The fourth-order valence-electron chi connectivity index (χ4n) is 2.18. The summed E-state index contributed by atoms with van der Waals surface area (Å²) in [5.41, 5.74) is 2.12. The molecule has 1 aromatic heterocycles. The van der Waals surface area contributed by atoms with Crippen molar-refractivity contribution in [3.63, 3.8) is 0 Å². The molecule has 20 heavy (non-hydrogen) atoms. The molecule has 1 aromatic carbocycles. The lowest BCUT2D eigenvalue weighted by Gasteiger charge is -2.08. The van der Waals surface area contributed by atoms with Gasteiger partial charge in [-0.2, -0.15) is 0 Å². The Morgan fingerprint density at radius 3 is 2.95 bits per heavy atom. The first-order valence-electron chi connectivity index (χ1n) is 6.93. The molecule has 0 fully saturated rings. The second kappa shape index (κ2) is 6.89. The monoisotopic (exact) mass is 272 g/mol. The number of nitrogens with one attached hydrogen (secondary N) is 1. The molecule has 2 rings (SSSR count). The average Bonchev–Trinajstić information content (AvgIpc) is 2.47. The summed E-state index contributed by atoms with van der Waals surface area (Å²) in [7, 11) is 1.65. The molecular formula is C16H20N2O2. The van der Waals surface area contributed by atoms with E-state index < -0.39 is 0 Å². The van der Waals surface area contributed by atoms with Gasteiger partial charge in [0.15, 0.2) is 0 Å². The first-order chi connectivity index (χ1) is 9.74. The molecule has 4 heteroatoms. The van der Waals surface area contributed by atoms with Crippen LogP contribution in [0.3, 0.4) is 0 Å². The molecule has 1 heterocycles. The van der Waals surface area contributed by atoms with E-state index in [1.165, 1.54) is 5.56 Å². The smallest absolute Gasteiger partial charge is 0.219 e. The Labute approximate surface area is 119 Å². The van der Waals surface area contributed by atoms with Crippen molar-refractivity contribution >= 4 is 16.8 Å². The molecule has 0 unspecified atom stereocenters. The van der Waals surface area contributed by atoms with Gasteiger partial charge in [0.25, 0.3) is 0 Å². The zero-order chi connectivity index (χ0) is 14.4. The Kier molecular flexibility index (Phi) is 4.93. The van der Waals surface area contributed by atoms with Crippen LogP contribution in [0.1, 0.15) is 25.3 Å². The highest BCUT2D eigenvalue weighted by Crippen LogP contribution is 2.22. The third-order valence-corrected chi connectivity index (χ3v) is 3.23. The van der Waals surface area contributed by atoms with E-state index in [4.69, 9.17) is 4.74 Å². The number of ether oxygens (including phenoxy) is 1. The van der Waals surface area contributed by atoms with Gasteiger partial charge < -0.3 is 10.1 Å². The first kappa shape index (κ1) is 14.3. The predicted molar refractivity (Wildman–Crippen MR) is 79.9 cm³/mol. The van der Waals surface area contributed by atoms with E-state index >= 15 is 0 Å². The van der Waals surface area contributed by atoms with Gasteiger partial charge in [-0.3, -0.25) is 9.78 Å². The molecule has 0 atom stereocenters. The molecule has 2 aromatic rings. The second-order valence-electron chi connectivity index (χ2n) is 4.70. The van der Waals surface area contributed by atoms with E-state index in [1.54, 1.807) is 13.3 Å². The van der Waals surface area contributed by atoms with Crippen molar-refractivity contribution in [3.8, 4) is 5.75 Å². The maximum absolute atomic E-state index is 11.5. The van der Waals surface area contributed by atoms with Gasteiger partial charge in [0, 0.05) is 24.5 Å². The largest absolute Gasteiger partial charge is 0.497 e. The molecular weight excluding hydrogens is 252 g/mol. The topological polar surface area (TPSA) is 51.2 Å². The number of benzene rings is 1. The fraction of sp³-hybridized carbons (Fsp3) is 0.375. The van der Waals surface area contributed by atoms with Gasteiger partial charge in [0.1, 0.15) is 5.75 Å². The average molecular weight is 272 g/mol. The molecule has 0 aliphatic heterocycles. The molecule has 106 valence electrons. The second-order valence-corrected chi connectivity index (χ2v) is 4.70. The number of carbonyl (C=O) groups excluding carboxylic acids is 1. The number of aromatic nitrogens is 1. The highest BCUT2D eigenvalue weighted by Gasteiger charge is 2.05. The number of carbonyl (C=O) groups is 1. The van der Waals surface area contributed by atoms with E-state index in [9.17, 15) is 4.79 Å². The summed E-state index contributed by atoms with van der Waals surface area (Å²) >= 11 is 0. The number of methoxy groups -OCH3 is 1. The van der Waals surface area contributed by atoms with E-state index in [2.05, 4.69) is 10.3 Å². The standard InChI is InChI=1S/C16H20N2O2/c1-3-4-16(19)18-10-8-12-7-9-17-15-6-5-13(20-2)11-14(12)15/h5-7,9,11H,3-4,8,10H2,1-2H3,(H,18,19). The third kappa shape index (κ3) is 3.47. The van der Waals surface area contributed by atoms with Crippen LogP contribution in [0, 0.1) is 0 Å². The number of rotatable bonds is 6. The predicted octanol–water partition coefficient (Wildman–Crippen LogP) is 2.70. The van der Waals surface area contributed by atoms with Crippen LogP contribution in [0.25, 0.3) is 10.9 Å². The van der Waals surface area contributed by atoms with E-state index in [0.29, 0.717) is 13.0 Å². The number of amides is 1. The van der Waals surface area contributed by atoms with Crippen LogP contribution in [0.4, 0.5) is 0 Å². The van der Waals surface area contributed by atoms with E-state index in [-0.39, 0.29) is 5.91 Å². The van der Waals surface area contributed by atoms with Crippen LogP contribution in [0.2, 0.25) is 0 Å². The van der Waals surface area contributed by atoms with Gasteiger partial charge in [0.2, 0.25) is 5.91 Å². The normalized spacial score (nSPS) is 10.5. The summed E-state index contributed by atoms with van der Waals surface area (Å²) < 4.78 is 5.25. The molecule has 4 nitrogen and oxygen atoms in total. The number of fused-ring (bicyclic) bond motifs is 1. The summed E-state index contributed by atoms with van der Waals surface area (Å²) in [5, 5.41) is 4.01. The molecule has 1 N–H and O–H groups in total. The van der Waals surface area contributed by atoms with Crippen molar-refractivity contribution in [2.75, 3.05) is 13.7 Å². The van der Waals surface area contributed by atoms with Gasteiger partial charge >= 0.3 is 0 Å². The molecule has 0 aliphatic rings. The zero-order valence-electron chi connectivity index (χ0n) is 12.0. The lowest BCUT2D eigenvalue weighted by atomic mass is 10.1. The maximum Gasteiger partial charge on any atom is 0.219 e. The molecule has 0 saturated heterocycles. The minimum absolute atomic E-state index is 0.114. The summed E-state index contributed by atoms with van der Waals surface area (Å²) in [5.74, 6) is 0.935. The quantitative estimate of drug-likeness (QED) is 0.879. The van der Waals surface area contributed by atoms with Crippen LogP contribution in [-0.4, -0.2) is 24.5 Å². The van der Waals surface area contributed by atoms with Crippen molar-refractivity contribution in [1.29, 1.82) is 0 Å². The van der Waals surface area contributed by atoms with Crippen molar-refractivity contribution < 1.29 is 9.53 Å². The third-order valence-electron chi connectivity index (χ3n) is 3.23. The Hall–Kier alpha value is -2.10. The van der Waals surface area contributed by atoms with Crippen LogP contribution >= 0.6 is 0 Å². The van der Waals surface area contributed by atoms with Crippen molar-refractivity contribution in [3.05, 3.63) is 36.0 Å². The minimum Gasteiger partial charge on any atom is -0.497 e. The highest BCUT2D eigenvalue weighted by atomic mass is 16.5. The number of pyridine rings is 1. The van der Waals surface area contributed by atoms with Gasteiger partial charge in [-0.1, -0.05) is 6.92 Å². The fourth-order valence-corrected chi connectivity index (χ4v) is 2.18. The van der Waals surface area contributed by atoms with Crippen LogP contribution in [0.15, 0.2) is 30.5 Å². The molecule has 0 bridgehead atoms. The lowest BCUT2D eigenvalue weighted by molar-refractivity contribution is -0.121. The molecule has 0 spiro atoms. The lowest BCUT2D eigenvalue weighted by Crippen LogP contribution is -2.25. The van der Waals surface area contributed by atoms with Gasteiger partial charge in [-0.05, 0) is 42.7 Å². The van der Waals surface area contributed by atoms with Crippen LogP contribution < -0.4 is 10.1 Å². The highest BCUT2D eigenvalue weighted by molar-refractivity contribution is 5.83. The Balaban J connectivity index is 2.11. The zero-order valence-corrected chi connectivity index (χ0v) is 12.0. The van der Waals surface area contributed by atoms with Crippen molar-refractivity contribution in [2.45, 2.75) is 26.2 Å². The van der Waals surface area contributed by atoms with Crippen molar-refractivity contribution in [2.24, 2.45) is 0 Å². The number of hydrogen-bond donors (Lipinski definition) is 1. The summed E-state index contributed by atoms with van der Waals surface area (Å²) in [6, 6.07) is 7.84. The molecule has 0 aliphatic carbocycles. The van der Waals surface area contributed by atoms with E-state index in [1.807, 2.05) is 31.2 Å². The molecule has 1 amide bonds. The summed E-state index contributed by atoms with van der Waals surface area (Å²) in [4.78, 5) is 15.8. The number of nitrogens with zero attached hydrogens (tertiary/aromatic N) is 1. The Bertz CT molecular complexity index is 596.